The largest absolute Gasteiger partial charge is 0.493 e. The van der Waals surface area contributed by atoms with Gasteiger partial charge in [0.05, 0.1) is 20.3 Å². The summed E-state index contributed by atoms with van der Waals surface area (Å²) < 4.78 is 11.5. The highest BCUT2D eigenvalue weighted by Crippen LogP contribution is 2.33. The van der Waals surface area contributed by atoms with Gasteiger partial charge in [0, 0.05) is 17.6 Å². The molecule has 0 saturated carbocycles. The number of hydrogen-bond donors (Lipinski definition) is 2. The minimum atomic E-state index is -0.528. The molecule has 0 aromatic heterocycles. The quantitative estimate of drug-likeness (QED) is 0.790. The van der Waals surface area contributed by atoms with Gasteiger partial charge in [-0.05, 0) is 23.3 Å². The van der Waals surface area contributed by atoms with Crippen molar-refractivity contribution < 1.29 is 14.6 Å². The minimum Gasteiger partial charge on any atom is -0.493 e. The Hall–Kier alpha value is -1.56. The zero-order valence-corrected chi connectivity index (χ0v) is 14.3. The Morgan fingerprint density at radius 2 is 1.73 bits per heavy atom. The molecule has 0 aliphatic rings. The summed E-state index contributed by atoms with van der Waals surface area (Å²) in [4.78, 5) is 0. The zero-order chi connectivity index (χ0) is 15.9. The van der Waals surface area contributed by atoms with Crippen molar-refractivity contribution in [2.24, 2.45) is 0 Å². The molecule has 0 saturated heterocycles. The molecule has 0 aliphatic carbocycles. The number of nitrogens with one attached hydrogen (secondary N) is 1. The molecule has 0 radical (unpaired) electrons. The van der Waals surface area contributed by atoms with Crippen molar-refractivity contribution >= 4 is 15.9 Å². The van der Waals surface area contributed by atoms with Crippen molar-refractivity contribution in [2.75, 3.05) is 20.8 Å². The maximum atomic E-state index is 10.1. The van der Waals surface area contributed by atoms with E-state index in [-0.39, 0.29) is 0 Å². The monoisotopic (exact) mass is 365 g/mol. The van der Waals surface area contributed by atoms with Gasteiger partial charge in [0.25, 0.3) is 0 Å². The van der Waals surface area contributed by atoms with Crippen LogP contribution in [0.15, 0.2) is 46.9 Å². The average Bonchev–Trinajstić information content (AvgIpc) is 2.56. The second kappa shape index (κ2) is 8.17. The van der Waals surface area contributed by atoms with E-state index in [1.807, 2.05) is 42.5 Å². The molecule has 22 heavy (non-hydrogen) atoms. The van der Waals surface area contributed by atoms with Crippen LogP contribution in [0.5, 0.6) is 11.5 Å². The fraction of sp³-hybridized carbons (Fsp3) is 0.294. The van der Waals surface area contributed by atoms with Gasteiger partial charge in [-0.1, -0.05) is 46.3 Å². The predicted molar refractivity (Wildman–Crippen MR) is 90.4 cm³/mol. The Morgan fingerprint density at radius 1 is 1.09 bits per heavy atom. The summed E-state index contributed by atoms with van der Waals surface area (Å²) in [5, 5.41) is 13.4. The van der Waals surface area contributed by atoms with Crippen LogP contribution in [0.3, 0.4) is 0 Å². The Balaban J connectivity index is 1.97. The highest BCUT2D eigenvalue weighted by Gasteiger charge is 2.11. The van der Waals surface area contributed by atoms with E-state index in [0.717, 1.165) is 15.6 Å². The van der Waals surface area contributed by atoms with E-state index >= 15 is 0 Å². The molecule has 0 aliphatic heterocycles. The number of aliphatic hydroxyl groups is 1. The second-order valence-electron chi connectivity index (χ2n) is 4.86. The van der Waals surface area contributed by atoms with Crippen LogP contribution in [0.2, 0.25) is 0 Å². The van der Waals surface area contributed by atoms with Gasteiger partial charge in [-0.15, -0.1) is 0 Å². The molecule has 2 N–H and O–H groups in total. The third-order valence-corrected chi connectivity index (χ3v) is 4.13. The summed E-state index contributed by atoms with van der Waals surface area (Å²) in [6.07, 6.45) is -0.528. The van der Waals surface area contributed by atoms with E-state index in [1.165, 1.54) is 0 Å². The number of halogens is 1. The second-order valence-corrected chi connectivity index (χ2v) is 5.71. The van der Waals surface area contributed by atoms with E-state index in [2.05, 4.69) is 21.2 Å². The van der Waals surface area contributed by atoms with Gasteiger partial charge in [0.15, 0.2) is 11.5 Å². The van der Waals surface area contributed by atoms with E-state index < -0.39 is 6.10 Å². The molecular formula is C17H20BrNO3. The predicted octanol–water partition coefficient (Wildman–Crippen LogP) is 3.29. The minimum absolute atomic E-state index is 0.477. The fourth-order valence-electron chi connectivity index (χ4n) is 2.17. The first-order valence-electron chi connectivity index (χ1n) is 6.99. The van der Waals surface area contributed by atoms with Crippen LogP contribution < -0.4 is 14.8 Å². The van der Waals surface area contributed by atoms with Gasteiger partial charge in [-0.3, -0.25) is 0 Å². The van der Waals surface area contributed by atoms with Crippen LogP contribution in [0.25, 0.3) is 0 Å². The molecule has 2 aromatic carbocycles. The normalized spacial score (nSPS) is 12.0. The molecule has 1 atom stereocenters. The molecule has 0 amide bonds. The molecule has 4 nitrogen and oxygen atoms in total. The Bertz CT molecular complexity index is 604. The van der Waals surface area contributed by atoms with Crippen molar-refractivity contribution in [2.45, 2.75) is 12.6 Å². The fourth-order valence-corrected chi connectivity index (χ4v) is 2.63. The van der Waals surface area contributed by atoms with Crippen LogP contribution in [-0.2, 0) is 6.54 Å². The van der Waals surface area contributed by atoms with E-state index in [1.54, 1.807) is 14.2 Å². The first-order chi connectivity index (χ1) is 10.7. The number of hydrogen-bond acceptors (Lipinski definition) is 4. The van der Waals surface area contributed by atoms with Crippen molar-refractivity contribution in [3.8, 4) is 11.5 Å². The zero-order valence-electron chi connectivity index (χ0n) is 12.7. The highest BCUT2D eigenvalue weighted by molar-refractivity contribution is 9.10. The standard InChI is InChI=1S/C17H20BrNO3/c1-21-16-8-13(14(18)9-17(16)22-2)10-19-11-15(20)12-6-4-3-5-7-12/h3-9,15,19-20H,10-11H2,1-2H3/t15-/m0/s1. The first kappa shape index (κ1) is 16.8. The lowest BCUT2D eigenvalue weighted by molar-refractivity contribution is 0.174. The van der Waals surface area contributed by atoms with Crippen LogP contribution in [-0.4, -0.2) is 25.9 Å². The molecule has 0 fully saturated rings. The van der Waals surface area contributed by atoms with E-state index in [0.29, 0.717) is 24.6 Å². The van der Waals surface area contributed by atoms with Gasteiger partial charge >= 0.3 is 0 Å². The lowest BCUT2D eigenvalue weighted by atomic mass is 10.1. The van der Waals surface area contributed by atoms with Crippen molar-refractivity contribution in [1.29, 1.82) is 0 Å². The van der Waals surface area contributed by atoms with Crippen LogP contribution >= 0.6 is 15.9 Å². The number of rotatable bonds is 7. The molecule has 0 spiro atoms. The Kier molecular flexibility index (Phi) is 6.24. The summed E-state index contributed by atoms with van der Waals surface area (Å²) in [7, 11) is 3.22. The maximum Gasteiger partial charge on any atom is 0.161 e. The smallest absolute Gasteiger partial charge is 0.161 e. The summed E-state index contributed by atoms with van der Waals surface area (Å²) >= 11 is 3.53. The van der Waals surface area contributed by atoms with E-state index in [9.17, 15) is 5.11 Å². The Morgan fingerprint density at radius 3 is 2.36 bits per heavy atom. The summed E-state index contributed by atoms with van der Waals surface area (Å²) in [6, 6.07) is 13.4. The molecule has 5 heteroatoms. The Labute approximate surface area is 139 Å². The summed E-state index contributed by atoms with van der Waals surface area (Å²) in [5.74, 6) is 1.37. The van der Waals surface area contributed by atoms with Gasteiger partial charge in [-0.2, -0.15) is 0 Å². The topological polar surface area (TPSA) is 50.7 Å². The van der Waals surface area contributed by atoms with Crippen molar-refractivity contribution in [3.05, 3.63) is 58.1 Å². The number of ether oxygens (including phenoxy) is 2. The SMILES string of the molecule is COc1cc(Br)c(CNC[C@H](O)c2ccccc2)cc1OC. The first-order valence-corrected chi connectivity index (χ1v) is 7.79. The number of benzene rings is 2. The van der Waals surface area contributed by atoms with Crippen molar-refractivity contribution in [3.63, 3.8) is 0 Å². The third kappa shape index (κ3) is 4.22. The van der Waals surface area contributed by atoms with Gasteiger partial charge in [-0.25, -0.2) is 0 Å². The van der Waals surface area contributed by atoms with Crippen LogP contribution in [0.4, 0.5) is 0 Å². The van der Waals surface area contributed by atoms with Crippen LogP contribution in [0, 0.1) is 0 Å². The molecular weight excluding hydrogens is 346 g/mol. The van der Waals surface area contributed by atoms with Gasteiger partial charge < -0.3 is 19.9 Å². The van der Waals surface area contributed by atoms with Crippen LogP contribution in [0.1, 0.15) is 17.2 Å². The van der Waals surface area contributed by atoms with Crippen molar-refractivity contribution in [1.82, 2.24) is 5.32 Å². The molecule has 0 heterocycles. The summed E-state index contributed by atoms with van der Waals surface area (Å²) in [6.45, 7) is 1.09. The summed E-state index contributed by atoms with van der Waals surface area (Å²) in [5.41, 5.74) is 1.94. The van der Waals surface area contributed by atoms with Gasteiger partial charge in [0.2, 0.25) is 0 Å². The molecule has 0 unspecified atom stereocenters. The number of aliphatic hydroxyl groups excluding tert-OH is 1. The lowest BCUT2D eigenvalue weighted by Gasteiger charge is -2.15. The van der Waals surface area contributed by atoms with E-state index in [4.69, 9.17) is 9.47 Å². The van der Waals surface area contributed by atoms with Gasteiger partial charge in [0.1, 0.15) is 0 Å². The number of methoxy groups -OCH3 is 2. The molecule has 118 valence electrons. The third-order valence-electron chi connectivity index (χ3n) is 3.39. The lowest BCUT2D eigenvalue weighted by Crippen LogP contribution is -2.21. The molecule has 0 bridgehead atoms. The highest BCUT2D eigenvalue weighted by atomic mass is 79.9. The maximum absolute atomic E-state index is 10.1. The molecule has 2 aromatic rings. The molecule has 2 rings (SSSR count). The average molecular weight is 366 g/mol.